The molecule has 2 N–H and O–H groups in total. The molecular formula is C14H25N3OS. The lowest BCUT2D eigenvalue weighted by Gasteiger charge is -2.41. The van der Waals surface area contributed by atoms with E-state index in [1.54, 1.807) is 0 Å². The molecule has 108 valence electrons. The van der Waals surface area contributed by atoms with Crippen LogP contribution in [0.25, 0.3) is 0 Å². The summed E-state index contributed by atoms with van der Waals surface area (Å²) in [5, 5.41) is 1.09. The summed E-state index contributed by atoms with van der Waals surface area (Å²) in [4.78, 5) is 2.42. The van der Waals surface area contributed by atoms with Gasteiger partial charge in [0.1, 0.15) is 0 Å². The van der Waals surface area contributed by atoms with E-state index in [9.17, 15) is 0 Å². The molecule has 1 saturated heterocycles. The van der Waals surface area contributed by atoms with Crippen molar-refractivity contribution < 1.29 is 4.74 Å². The van der Waals surface area contributed by atoms with Crippen molar-refractivity contribution in [1.82, 2.24) is 4.37 Å². The number of hydrogen-bond acceptors (Lipinski definition) is 5. The number of piperidine rings is 1. The molecule has 0 spiro atoms. The van der Waals surface area contributed by atoms with E-state index in [4.69, 9.17) is 10.5 Å². The summed E-state index contributed by atoms with van der Waals surface area (Å²) in [6.45, 7) is 12.0. The van der Waals surface area contributed by atoms with Gasteiger partial charge in [0.2, 0.25) is 0 Å². The predicted octanol–water partition coefficient (Wildman–Crippen LogP) is 3.38. The number of ether oxygens (including phenoxy) is 1. The zero-order valence-electron chi connectivity index (χ0n) is 12.5. The monoisotopic (exact) mass is 283 g/mol. The Morgan fingerprint density at radius 3 is 2.68 bits per heavy atom. The third-order valence-corrected chi connectivity index (χ3v) is 4.75. The Morgan fingerprint density at radius 2 is 2.05 bits per heavy atom. The van der Waals surface area contributed by atoms with Crippen LogP contribution in [0.5, 0.6) is 5.75 Å². The second-order valence-electron chi connectivity index (χ2n) is 6.08. The third-order valence-electron chi connectivity index (χ3n) is 3.87. The highest BCUT2D eigenvalue weighted by Gasteiger charge is 2.32. The van der Waals surface area contributed by atoms with Crippen LogP contribution in [0.1, 0.15) is 41.0 Å². The fourth-order valence-corrected chi connectivity index (χ4v) is 3.65. The molecule has 19 heavy (non-hydrogen) atoms. The number of anilines is 2. The van der Waals surface area contributed by atoms with Crippen LogP contribution in [-0.4, -0.2) is 23.1 Å². The summed E-state index contributed by atoms with van der Waals surface area (Å²) in [5.41, 5.74) is 5.96. The Bertz CT molecular complexity index is 432. The zero-order valence-corrected chi connectivity index (χ0v) is 13.3. The summed E-state index contributed by atoms with van der Waals surface area (Å²) < 4.78 is 10.2. The molecule has 3 unspecified atom stereocenters. The number of nitrogens with zero attached hydrogens (tertiary/aromatic N) is 2. The minimum absolute atomic E-state index is 0.118. The van der Waals surface area contributed by atoms with E-state index in [0.717, 1.165) is 17.3 Å². The van der Waals surface area contributed by atoms with Gasteiger partial charge in [-0.05, 0) is 50.6 Å². The van der Waals surface area contributed by atoms with Crippen LogP contribution >= 0.6 is 11.5 Å². The Morgan fingerprint density at radius 1 is 1.37 bits per heavy atom. The van der Waals surface area contributed by atoms with Crippen LogP contribution in [0.4, 0.5) is 10.8 Å². The standard InChI is InChI=1S/C14H25N3OS/c1-8(2)18-12-13(15)16-19-14(12)17-7-9(3)6-10(4)11(17)5/h8-11H,6-7H2,1-5H3,(H2,15,16). The summed E-state index contributed by atoms with van der Waals surface area (Å²) in [5.74, 6) is 2.67. The lowest BCUT2D eigenvalue weighted by Crippen LogP contribution is -2.45. The SMILES string of the molecule is CC1CC(C)C(C)N(c2snc(N)c2OC(C)C)C1. The first-order valence-electron chi connectivity index (χ1n) is 7.08. The third kappa shape index (κ3) is 2.96. The van der Waals surface area contributed by atoms with Crippen LogP contribution in [0.3, 0.4) is 0 Å². The Balaban J connectivity index is 2.29. The van der Waals surface area contributed by atoms with Gasteiger partial charge in [0.05, 0.1) is 6.10 Å². The molecule has 1 aliphatic heterocycles. The minimum atomic E-state index is 0.118. The molecule has 1 fully saturated rings. The average molecular weight is 283 g/mol. The lowest BCUT2D eigenvalue weighted by molar-refractivity contribution is 0.241. The van der Waals surface area contributed by atoms with Crippen molar-refractivity contribution >= 4 is 22.4 Å². The van der Waals surface area contributed by atoms with Crippen LogP contribution < -0.4 is 15.4 Å². The second kappa shape index (κ2) is 5.57. The van der Waals surface area contributed by atoms with Gasteiger partial charge in [-0.25, -0.2) is 0 Å². The van der Waals surface area contributed by atoms with E-state index in [0.29, 0.717) is 23.7 Å². The highest BCUT2D eigenvalue weighted by atomic mass is 32.1. The van der Waals surface area contributed by atoms with E-state index in [-0.39, 0.29) is 6.10 Å². The van der Waals surface area contributed by atoms with Crippen LogP contribution in [0.2, 0.25) is 0 Å². The molecule has 0 aliphatic carbocycles. The predicted molar refractivity (Wildman–Crippen MR) is 82.0 cm³/mol. The van der Waals surface area contributed by atoms with Gasteiger partial charge < -0.3 is 15.4 Å². The Kier molecular flexibility index (Phi) is 4.23. The van der Waals surface area contributed by atoms with Gasteiger partial charge in [0.25, 0.3) is 0 Å². The van der Waals surface area contributed by atoms with Crippen molar-refractivity contribution in [3.8, 4) is 5.75 Å². The van der Waals surface area contributed by atoms with E-state index in [2.05, 4.69) is 30.0 Å². The van der Waals surface area contributed by atoms with E-state index in [1.165, 1.54) is 18.0 Å². The maximum absolute atomic E-state index is 5.96. The smallest absolute Gasteiger partial charge is 0.198 e. The summed E-state index contributed by atoms with van der Waals surface area (Å²) in [6, 6.07) is 0.505. The fraction of sp³-hybridized carbons (Fsp3) is 0.786. The van der Waals surface area contributed by atoms with Gasteiger partial charge in [-0.3, -0.25) is 0 Å². The van der Waals surface area contributed by atoms with Crippen molar-refractivity contribution in [1.29, 1.82) is 0 Å². The van der Waals surface area contributed by atoms with Crippen molar-refractivity contribution in [3.05, 3.63) is 0 Å². The van der Waals surface area contributed by atoms with Crippen molar-refractivity contribution in [2.45, 2.75) is 53.2 Å². The van der Waals surface area contributed by atoms with E-state index < -0.39 is 0 Å². The van der Waals surface area contributed by atoms with Crippen molar-refractivity contribution in [3.63, 3.8) is 0 Å². The van der Waals surface area contributed by atoms with Crippen LogP contribution in [-0.2, 0) is 0 Å². The first kappa shape index (κ1) is 14.4. The van der Waals surface area contributed by atoms with Gasteiger partial charge in [0.15, 0.2) is 16.6 Å². The van der Waals surface area contributed by atoms with Gasteiger partial charge >= 0.3 is 0 Å². The molecule has 1 aromatic rings. The van der Waals surface area contributed by atoms with Gasteiger partial charge in [-0.1, -0.05) is 13.8 Å². The second-order valence-corrected chi connectivity index (χ2v) is 6.83. The molecule has 1 aromatic heterocycles. The first-order chi connectivity index (χ1) is 8.90. The van der Waals surface area contributed by atoms with E-state index in [1.807, 2.05) is 13.8 Å². The number of nitrogen functional groups attached to an aromatic ring is 1. The van der Waals surface area contributed by atoms with Gasteiger partial charge in [-0.15, -0.1) is 0 Å². The molecule has 4 nitrogen and oxygen atoms in total. The summed E-state index contributed by atoms with van der Waals surface area (Å²) in [6.07, 6.45) is 1.40. The maximum atomic E-state index is 5.96. The molecule has 0 aromatic carbocycles. The highest BCUT2D eigenvalue weighted by molar-refractivity contribution is 7.11. The molecule has 5 heteroatoms. The molecule has 2 rings (SSSR count). The topological polar surface area (TPSA) is 51.4 Å². The number of nitrogens with two attached hydrogens (primary N) is 1. The Labute approximate surface area is 120 Å². The van der Waals surface area contributed by atoms with E-state index >= 15 is 0 Å². The minimum Gasteiger partial charge on any atom is -0.484 e. The van der Waals surface area contributed by atoms with Crippen LogP contribution in [0.15, 0.2) is 0 Å². The molecular weight excluding hydrogens is 258 g/mol. The van der Waals surface area contributed by atoms with Gasteiger partial charge in [-0.2, -0.15) is 4.37 Å². The molecule has 3 atom stereocenters. The Hall–Kier alpha value is -0.970. The summed E-state index contributed by atoms with van der Waals surface area (Å²) in [7, 11) is 0. The number of rotatable bonds is 3. The molecule has 2 heterocycles. The molecule has 1 aliphatic rings. The molecule has 0 amide bonds. The lowest BCUT2D eigenvalue weighted by atomic mass is 9.86. The molecule has 0 saturated carbocycles. The zero-order chi connectivity index (χ0) is 14.2. The highest BCUT2D eigenvalue weighted by Crippen LogP contribution is 2.43. The molecule has 0 bridgehead atoms. The molecule has 0 radical (unpaired) electrons. The average Bonchev–Trinajstić information content (AvgIpc) is 2.65. The fourth-order valence-electron chi connectivity index (χ4n) is 2.80. The quantitative estimate of drug-likeness (QED) is 0.924. The van der Waals surface area contributed by atoms with Crippen LogP contribution in [0, 0.1) is 11.8 Å². The number of hydrogen-bond donors (Lipinski definition) is 1. The van der Waals surface area contributed by atoms with Crippen molar-refractivity contribution in [2.75, 3.05) is 17.2 Å². The van der Waals surface area contributed by atoms with Crippen molar-refractivity contribution in [2.24, 2.45) is 11.8 Å². The van der Waals surface area contributed by atoms with Gasteiger partial charge in [0, 0.05) is 12.6 Å². The normalized spacial score (nSPS) is 27.9. The summed E-state index contributed by atoms with van der Waals surface area (Å²) >= 11 is 1.46. The first-order valence-corrected chi connectivity index (χ1v) is 7.86. The largest absolute Gasteiger partial charge is 0.484 e. The maximum Gasteiger partial charge on any atom is 0.198 e. The number of aromatic nitrogens is 1.